The first-order chi connectivity index (χ1) is 46.3. The number of nitrogens with zero attached hydrogens (tertiary/aromatic N) is 5. The van der Waals surface area contributed by atoms with E-state index in [1.165, 1.54) is 4.90 Å². The monoisotopic (exact) mass is 1400 g/mol. The molecule has 0 aromatic heterocycles. The third-order valence-electron chi connectivity index (χ3n) is 15.7. The van der Waals surface area contributed by atoms with Gasteiger partial charge < -0.3 is 116 Å². The van der Waals surface area contributed by atoms with E-state index in [1.54, 1.807) is 6.07 Å². The van der Waals surface area contributed by atoms with Crippen molar-refractivity contribution in [3.63, 3.8) is 0 Å². The summed E-state index contributed by atoms with van der Waals surface area (Å²) in [7, 11) is 1.86. The van der Waals surface area contributed by atoms with Crippen molar-refractivity contribution in [1.29, 1.82) is 0 Å². The molecule has 0 bridgehead atoms. The summed E-state index contributed by atoms with van der Waals surface area (Å²) < 4.78 is 0. The van der Waals surface area contributed by atoms with Crippen LogP contribution < -0.4 is 106 Å². The van der Waals surface area contributed by atoms with Crippen molar-refractivity contribution in [2.45, 2.75) is 170 Å². The number of carbonyl (C=O) groups excluding carboxylic acids is 9. The van der Waals surface area contributed by atoms with Crippen molar-refractivity contribution in [3.05, 3.63) is 48.0 Å². The molecule has 2 aromatic rings. The minimum absolute atomic E-state index is 0.000655. The number of hydrogen-bond donors (Lipinski definition) is 20. The van der Waals surface area contributed by atoms with Crippen LogP contribution in [-0.2, 0) is 54.4 Å². The standard InChI is InChI=1S/C60H100N24O11S2/c61-23-5-3-15-38-48(86)79-41(16-4-6-24-62)55(93)84-29-11-20-46(84)54(92)78-40(18-9-27-74-59(68)69)50(88)82-45(53(91)80-42(56(94)95)19-10-28-75-60(70)71)33-97-96-32-44(52(90)77-38)83-51(89)43(31-34-21-22-35-12-1-2-13-36(35)30-34)81-49(87)39(17-8-26-73-58(66)67)76-47(85)37(63)14-7-25-72-57(64)65/h1-2,12-13,21-22,30,37-46H,3-11,14-20,23-29,31-33,61-63H2,(H,76,85)(H,77,90)(H,78,92)(H,79,86)(H,80,91)(H,81,87)(H,82,88)(H,83,89)(H,94,95)(H4,64,65,72)(H4,66,67,73)(H4,68,69,74)(H4,70,71,75)/t37-,38-,39-,40-,41+,42-,43-,44-,45-,46-/m0/s1. The molecule has 10 atom stereocenters. The topological polar surface area (TPSA) is 626 Å². The Hall–Kier alpha value is -8.94. The molecule has 4 rings (SSSR count). The number of benzene rings is 2. The molecule has 0 aliphatic carbocycles. The van der Waals surface area contributed by atoms with E-state index < -0.39 is 120 Å². The average Bonchev–Trinajstić information content (AvgIpc) is 1.82. The van der Waals surface area contributed by atoms with Crippen LogP contribution >= 0.6 is 21.6 Å². The molecule has 2 saturated heterocycles. The van der Waals surface area contributed by atoms with Gasteiger partial charge >= 0.3 is 5.97 Å². The molecule has 0 saturated carbocycles. The van der Waals surface area contributed by atoms with Crippen molar-refractivity contribution in [2.24, 2.45) is 83.0 Å². The summed E-state index contributed by atoms with van der Waals surface area (Å²) in [5.41, 5.74) is 62.9. The molecule has 0 unspecified atom stereocenters. The maximum Gasteiger partial charge on any atom is 0.326 e. The number of carboxylic acids is 1. The lowest BCUT2D eigenvalue weighted by atomic mass is 10.00. The van der Waals surface area contributed by atoms with Crippen LogP contribution in [0.25, 0.3) is 10.8 Å². The van der Waals surface area contributed by atoms with Crippen LogP contribution in [-0.4, -0.2) is 211 Å². The summed E-state index contributed by atoms with van der Waals surface area (Å²) >= 11 is 0. The van der Waals surface area contributed by atoms with Crippen LogP contribution in [0.5, 0.6) is 0 Å². The molecule has 2 heterocycles. The van der Waals surface area contributed by atoms with Gasteiger partial charge in [-0.25, -0.2) is 4.79 Å². The number of hydrogen-bond acceptors (Lipinski definition) is 19. The zero-order valence-electron chi connectivity index (χ0n) is 54.6. The fraction of sp³-hybridized carbons (Fsp3) is 0.600. The van der Waals surface area contributed by atoms with Crippen LogP contribution in [0.3, 0.4) is 0 Å². The van der Waals surface area contributed by atoms with Crippen molar-refractivity contribution in [3.8, 4) is 0 Å². The molecule has 31 N–H and O–H groups in total. The number of aliphatic carboxylic acids is 1. The molecular weight excluding hydrogens is 1300 g/mol. The van der Waals surface area contributed by atoms with Crippen LogP contribution in [0.15, 0.2) is 62.4 Å². The van der Waals surface area contributed by atoms with Gasteiger partial charge in [-0.1, -0.05) is 64.1 Å². The summed E-state index contributed by atoms with van der Waals surface area (Å²) in [4.78, 5) is 162. The normalized spacial score (nSPS) is 20.1. The molecule has 2 aromatic carbocycles. The Morgan fingerprint density at radius 3 is 1.67 bits per heavy atom. The summed E-state index contributed by atoms with van der Waals surface area (Å²) in [6.07, 6.45) is 2.50. The highest BCUT2D eigenvalue weighted by atomic mass is 33.1. The molecule has 35 nitrogen and oxygen atoms in total. The zero-order valence-corrected chi connectivity index (χ0v) is 56.3. The van der Waals surface area contributed by atoms with E-state index >= 15 is 9.59 Å². The number of guanidine groups is 4. The first-order valence-electron chi connectivity index (χ1n) is 32.4. The molecule has 0 radical (unpaired) electrons. The third kappa shape index (κ3) is 29.5. The third-order valence-corrected chi connectivity index (χ3v) is 18.1. The van der Waals surface area contributed by atoms with E-state index in [4.69, 9.17) is 63.1 Å². The highest BCUT2D eigenvalue weighted by Crippen LogP contribution is 2.26. The quantitative estimate of drug-likeness (QED) is 0.0132. The van der Waals surface area contributed by atoms with Crippen molar-refractivity contribution in [1.82, 2.24) is 47.4 Å². The van der Waals surface area contributed by atoms with Gasteiger partial charge in [-0.05, 0) is 132 Å². The number of fused-ring (bicyclic) bond motifs is 2. The fourth-order valence-corrected chi connectivity index (χ4v) is 12.9. The Bertz CT molecular complexity index is 3070. The molecule has 37 heteroatoms. The maximum absolute atomic E-state index is 15.3. The largest absolute Gasteiger partial charge is 0.480 e. The minimum Gasteiger partial charge on any atom is -0.480 e. The van der Waals surface area contributed by atoms with Crippen molar-refractivity contribution >= 4 is 115 Å². The Morgan fingerprint density at radius 1 is 0.557 bits per heavy atom. The van der Waals surface area contributed by atoms with Crippen LogP contribution in [0.2, 0.25) is 0 Å². The number of nitrogens with one attached hydrogen (secondary N) is 8. The molecule has 2 aliphatic rings. The molecule has 97 heavy (non-hydrogen) atoms. The van der Waals surface area contributed by atoms with Gasteiger partial charge in [0.15, 0.2) is 23.8 Å². The van der Waals surface area contributed by atoms with Gasteiger partial charge in [-0.15, -0.1) is 0 Å². The number of carbonyl (C=O) groups is 10. The molecular formula is C60H100N24O11S2. The van der Waals surface area contributed by atoms with E-state index in [1.807, 2.05) is 36.4 Å². The van der Waals surface area contributed by atoms with E-state index in [2.05, 4.69) is 62.5 Å². The smallest absolute Gasteiger partial charge is 0.326 e. The van der Waals surface area contributed by atoms with Gasteiger partial charge in [-0.2, -0.15) is 0 Å². The SMILES string of the molecule is NCCCC[C@@H]1NC(=O)[C@@H](NC(=O)[C@H](Cc2ccc3ccccc3c2)NC(=O)[C@H](CCCN=C(N)N)NC(=O)[C@@H](N)CCCN=C(N)N)CSSC[C@@H](C(=O)N[C@@H](CCCN=C(N)N)C(=O)O)NC(=O)[C@H](CCCN=C(N)N)NC(=O)[C@@H]2CCCN2C(=O)[C@@H](CCCCN)NC1=O. The number of unbranched alkanes of at least 4 members (excludes halogenated alkanes) is 2. The molecule has 0 spiro atoms. The van der Waals surface area contributed by atoms with E-state index in [0.717, 1.165) is 32.4 Å². The first-order valence-corrected chi connectivity index (χ1v) is 34.9. The van der Waals surface area contributed by atoms with Crippen LogP contribution in [0.1, 0.15) is 108 Å². The van der Waals surface area contributed by atoms with Crippen molar-refractivity contribution < 1.29 is 53.1 Å². The van der Waals surface area contributed by atoms with Gasteiger partial charge in [0, 0.05) is 50.7 Å². The predicted octanol–water partition coefficient (Wildman–Crippen LogP) is -5.47. The summed E-state index contributed by atoms with van der Waals surface area (Å²) in [6, 6.07) is -0.920. The Labute approximate surface area is 571 Å². The highest BCUT2D eigenvalue weighted by molar-refractivity contribution is 8.76. The number of rotatable bonds is 35. The summed E-state index contributed by atoms with van der Waals surface area (Å²) in [6.45, 7) is 0.832. The number of nitrogens with two attached hydrogens (primary N) is 11. The molecule has 2 aliphatic heterocycles. The predicted molar refractivity (Wildman–Crippen MR) is 374 cm³/mol. The maximum atomic E-state index is 15.3. The van der Waals surface area contributed by atoms with E-state index in [-0.39, 0.29) is 152 Å². The molecule has 538 valence electrons. The first kappa shape index (κ1) is 80.5. The van der Waals surface area contributed by atoms with E-state index in [9.17, 15) is 43.5 Å². The van der Waals surface area contributed by atoms with E-state index in [0.29, 0.717) is 44.1 Å². The second-order valence-electron chi connectivity index (χ2n) is 23.4. The van der Waals surface area contributed by atoms with Crippen molar-refractivity contribution in [2.75, 3.05) is 57.3 Å². The van der Waals surface area contributed by atoms with Gasteiger partial charge in [0.2, 0.25) is 53.2 Å². The number of carboxylic acid groups (broad SMARTS) is 1. The Morgan fingerprint density at radius 2 is 1.07 bits per heavy atom. The van der Waals surface area contributed by atoms with Gasteiger partial charge in [0.1, 0.15) is 54.4 Å². The van der Waals surface area contributed by atoms with Gasteiger partial charge in [0.05, 0.1) is 6.04 Å². The average molecular weight is 1400 g/mol. The second-order valence-corrected chi connectivity index (χ2v) is 26.0. The Balaban J connectivity index is 1.87. The second kappa shape index (κ2) is 43.3. The number of aliphatic imine (C=N–C) groups is 4. The number of amides is 9. The summed E-state index contributed by atoms with van der Waals surface area (Å²) in [5, 5.41) is 33.7. The molecule has 9 amide bonds. The highest BCUT2D eigenvalue weighted by Gasteiger charge is 2.41. The lowest BCUT2D eigenvalue weighted by Gasteiger charge is -2.31. The van der Waals surface area contributed by atoms with Crippen LogP contribution in [0, 0.1) is 0 Å². The molecule has 2 fully saturated rings. The fourth-order valence-electron chi connectivity index (χ4n) is 10.6. The summed E-state index contributed by atoms with van der Waals surface area (Å²) in [5.74, 6) is -10.3. The minimum atomic E-state index is -1.58. The lowest BCUT2D eigenvalue weighted by molar-refractivity contribution is -0.143. The Kier molecular flexibility index (Phi) is 35.9. The lowest BCUT2D eigenvalue weighted by Crippen LogP contribution is -2.61. The zero-order chi connectivity index (χ0) is 71.4. The van der Waals surface area contributed by atoms with Gasteiger partial charge in [0.25, 0.3) is 0 Å². The van der Waals surface area contributed by atoms with Crippen LogP contribution in [0.4, 0.5) is 0 Å². The van der Waals surface area contributed by atoms with Gasteiger partial charge in [-0.3, -0.25) is 63.1 Å².